The smallest absolute Gasteiger partial charge is 0.306 e. The van der Waals surface area contributed by atoms with Gasteiger partial charge in [-0.15, -0.1) is 11.8 Å². The minimum absolute atomic E-state index is 0.222. The van der Waals surface area contributed by atoms with Crippen LogP contribution in [0.5, 0.6) is 0 Å². The average molecular weight is 1120 g/mol. The molecule has 0 unspecified atom stereocenters. The number of esters is 1. The molecule has 1 aliphatic rings. The van der Waals surface area contributed by atoms with E-state index in [0.717, 1.165) is 12.8 Å². The van der Waals surface area contributed by atoms with Crippen LogP contribution in [0.3, 0.4) is 0 Å². The predicted molar refractivity (Wildman–Crippen MR) is 341 cm³/mol. The molecular formula is C71H88O6Si3. The molecule has 1 saturated heterocycles. The van der Waals surface area contributed by atoms with E-state index in [1.807, 2.05) is 0 Å². The van der Waals surface area contributed by atoms with E-state index in [2.05, 4.69) is 300 Å². The monoisotopic (exact) mass is 1120 g/mol. The van der Waals surface area contributed by atoms with Gasteiger partial charge >= 0.3 is 5.97 Å². The van der Waals surface area contributed by atoms with Crippen molar-refractivity contribution in [3.63, 3.8) is 0 Å². The fourth-order valence-corrected chi connectivity index (χ4v) is 25.9. The Bertz CT molecular complexity index is 2850. The third kappa shape index (κ3) is 14.4. The lowest BCUT2D eigenvalue weighted by Gasteiger charge is -2.46. The first-order valence-corrected chi connectivity index (χ1v) is 34.7. The minimum Gasteiger partial charge on any atom is -0.469 e. The zero-order valence-electron chi connectivity index (χ0n) is 49.6. The van der Waals surface area contributed by atoms with Crippen molar-refractivity contribution in [3.8, 4) is 11.8 Å². The Labute approximate surface area is 484 Å². The molecule has 80 heavy (non-hydrogen) atoms. The largest absolute Gasteiger partial charge is 0.469 e. The Hall–Kier alpha value is -5.94. The van der Waals surface area contributed by atoms with Crippen LogP contribution in [-0.2, 0) is 27.5 Å². The summed E-state index contributed by atoms with van der Waals surface area (Å²) in [5.74, 6) is 6.49. The number of hydrogen-bond donors (Lipinski definition) is 0. The molecule has 1 aliphatic heterocycles. The highest BCUT2D eigenvalue weighted by atomic mass is 28.4. The van der Waals surface area contributed by atoms with E-state index >= 15 is 0 Å². The van der Waals surface area contributed by atoms with Gasteiger partial charge in [0.15, 0.2) is 0 Å². The lowest BCUT2D eigenvalue weighted by molar-refractivity contribution is -0.140. The van der Waals surface area contributed by atoms with Crippen molar-refractivity contribution in [2.24, 2.45) is 0 Å². The Morgan fingerprint density at radius 1 is 0.562 bits per heavy atom. The summed E-state index contributed by atoms with van der Waals surface area (Å²) in [6.07, 6.45) is 15.5. The molecule has 0 radical (unpaired) electrons. The number of benzene rings is 6. The fraction of sp³-hybridized carbons (Fsp3) is 0.366. The van der Waals surface area contributed by atoms with E-state index in [9.17, 15) is 4.79 Å². The fourth-order valence-electron chi connectivity index (χ4n) is 11.8. The summed E-state index contributed by atoms with van der Waals surface area (Å²) in [7, 11) is -7.94. The van der Waals surface area contributed by atoms with Gasteiger partial charge in [0, 0.05) is 19.3 Å². The molecule has 5 atom stereocenters. The van der Waals surface area contributed by atoms with Crippen LogP contribution < -0.4 is 31.1 Å². The molecule has 6 aromatic rings. The molecular weight excluding hydrogens is 1030 g/mol. The van der Waals surface area contributed by atoms with Gasteiger partial charge in [0.1, 0.15) is 6.10 Å². The molecule has 1 heterocycles. The summed E-state index contributed by atoms with van der Waals surface area (Å²) in [6.45, 7) is 23.2. The van der Waals surface area contributed by atoms with Gasteiger partial charge in [-0.2, -0.15) is 0 Å². The third-order valence-corrected chi connectivity index (χ3v) is 30.8. The first-order valence-electron chi connectivity index (χ1n) is 28.9. The molecule has 0 bridgehead atoms. The van der Waals surface area contributed by atoms with Crippen LogP contribution in [0.4, 0.5) is 0 Å². The van der Waals surface area contributed by atoms with Crippen LogP contribution in [0.15, 0.2) is 218 Å². The highest BCUT2D eigenvalue weighted by molar-refractivity contribution is 7.00. The number of carbonyl (C=O) groups excluding carboxylic acids is 1. The van der Waals surface area contributed by atoms with Crippen LogP contribution in [0.1, 0.15) is 114 Å². The van der Waals surface area contributed by atoms with E-state index in [1.165, 1.54) is 38.2 Å². The summed E-state index contributed by atoms with van der Waals surface area (Å²) in [5.41, 5.74) is 0. The first kappa shape index (κ1) is 61.7. The van der Waals surface area contributed by atoms with Gasteiger partial charge < -0.3 is 22.8 Å². The van der Waals surface area contributed by atoms with Crippen molar-refractivity contribution in [2.45, 2.75) is 160 Å². The number of hydrogen-bond acceptors (Lipinski definition) is 6. The van der Waals surface area contributed by atoms with Crippen molar-refractivity contribution in [1.82, 2.24) is 0 Å². The minimum atomic E-state index is -3.15. The number of methoxy groups -OCH3 is 1. The summed E-state index contributed by atoms with van der Waals surface area (Å²) < 4.78 is 37.0. The number of carbonyl (C=O) groups is 1. The molecule has 0 amide bonds. The van der Waals surface area contributed by atoms with Gasteiger partial charge in [0.05, 0.1) is 37.9 Å². The van der Waals surface area contributed by atoms with Crippen LogP contribution in [-0.4, -0.2) is 68.6 Å². The van der Waals surface area contributed by atoms with Gasteiger partial charge in [0.2, 0.25) is 0 Å². The molecule has 0 spiro atoms. The molecule has 0 aromatic heterocycles. The molecule has 7 rings (SSSR count). The van der Waals surface area contributed by atoms with Gasteiger partial charge in [-0.3, -0.25) is 4.79 Å². The molecule has 0 N–H and O–H groups in total. The summed E-state index contributed by atoms with van der Waals surface area (Å²) >= 11 is 0. The highest BCUT2D eigenvalue weighted by Gasteiger charge is 2.57. The van der Waals surface area contributed by atoms with Crippen LogP contribution >= 0.6 is 0 Å². The van der Waals surface area contributed by atoms with Gasteiger partial charge in [-0.25, -0.2) is 0 Å². The maximum Gasteiger partial charge on any atom is 0.306 e. The van der Waals surface area contributed by atoms with Gasteiger partial charge in [0.25, 0.3) is 25.0 Å². The Kier molecular flexibility index (Phi) is 21.7. The second-order valence-electron chi connectivity index (χ2n) is 24.2. The zero-order valence-corrected chi connectivity index (χ0v) is 52.6. The SMILES string of the molecule is CC/C=C\C/C=C\C[C@H](O[Si](c1ccccc1)(c1ccccc1)C(C)(C)C)[C@H]1C[C@H](O[Si](c2ccccc2)(c2ccccc2)C(C)(C)C)[C@@H](/C=C/[C@@H](CC#CCCC(=O)OC)O[Si](c2ccccc2)(c2ccccc2)C(C)(C)C)O1. The third-order valence-electron chi connectivity index (χ3n) is 15.6. The number of ether oxygens (including phenoxy) is 2. The van der Waals surface area contributed by atoms with Crippen LogP contribution in [0.2, 0.25) is 15.1 Å². The molecule has 0 saturated carbocycles. The van der Waals surface area contributed by atoms with Gasteiger partial charge in [-0.1, -0.05) is 288 Å². The molecule has 6 aromatic carbocycles. The van der Waals surface area contributed by atoms with E-state index in [4.69, 9.17) is 22.8 Å². The first-order chi connectivity index (χ1) is 38.4. The molecule has 1 fully saturated rings. The Morgan fingerprint density at radius 3 is 1.36 bits per heavy atom. The van der Waals surface area contributed by atoms with Crippen molar-refractivity contribution >= 4 is 62.0 Å². The van der Waals surface area contributed by atoms with E-state index in [1.54, 1.807) is 0 Å². The molecule has 0 aliphatic carbocycles. The Morgan fingerprint density at radius 2 is 0.963 bits per heavy atom. The van der Waals surface area contributed by atoms with E-state index < -0.39 is 37.2 Å². The maximum atomic E-state index is 12.2. The zero-order chi connectivity index (χ0) is 57.3. The van der Waals surface area contributed by atoms with Crippen molar-refractivity contribution in [2.75, 3.05) is 7.11 Å². The average Bonchev–Trinajstić information content (AvgIpc) is 4.02. The van der Waals surface area contributed by atoms with Crippen LogP contribution in [0, 0.1) is 11.8 Å². The normalized spacial score (nSPS) is 17.4. The van der Waals surface area contributed by atoms with Crippen molar-refractivity contribution in [3.05, 3.63) is 218 Å². The van der Waals surface area contributed by atoms with Gasteiger partial charge in [-0.05, 0) is 65.5 Å². The molecule has 9 heteroatoms. The summed E-state index contributed by atoms with van der Waals surface area (Å²) in [4.78, 5) is 12.2. The standard InChI is InChI=1S/C71H88O6Si3/c1-12-13-14-15-16-37-52-65(76-79(70(5,6)7,60-44-29-20-30-45-60)61-46-31-21-32-47-61)66-56-67(77-80(71(8,9)10,62-48-33-22-34-49-62)63-50-35-23-36-51-63)64(74-66)55-54-57(39-24-17-38-53-68(72)73-11)75-78(69(2,3)4,58-40-25-18-26-41-58)59-42-27-19-28-43-59/h13-14,16,18-23,25-37,40-51,54-55,57,64-67H,12,15,38-39,52-53,56H2,1-11H3/b14-13-,37-16-,55-54+/t57-,64-,65+,66-,67+/m1/s1. The van der Waals surface area contributed by atoms with Crippen molar-refractivity contribution in [1.29, 1.82) is 0 Å². The highest BCUT2D eigenvalue weighted by Crippen LogP contribution is 2.44. The predicted octanol–water partition coefficient (Wildman–Crippen LogP) is 13.2. The van der Waals surface area contributed by atoms with E-state index in [0.29, 0.717) is 25.7 Å². The maximum absolute atomic E-state index is 12.2. The lowest BCUT2D eigenvalue weighted by atomic mass is 10.0. The Balaban J connectivity index is 1.43. The number of rotatable bonds is 23. The quantitative estimate of drug-likeness (QED) is 0.0276. The summed E-state index contributed by atoms with van der Waals surface area (Å²) in [5, 5.41) is 6.38. The lowest BCUT2D eigenvalue weighted by Crippen LogP contribution is -2.68. The second-order valence-corrected chi connectivity index (χ2v) is 36.9. The van der Waals surface area contributed by atoms with E-state index in [-0.39, 0.29) is 45.8 Å². The molecule has 6 nitrogen and oxygen atoms in total. The summed E-state index contributed by atoms with van der Waals surface area (Å²) in [6, 6.07) is 65.3. The topological polar surface area (TPSA) is 63.2 Å². The second kappa shape index (κ2) is 28.2. The number of allylic oxidation sites excluding steroid dienone is 3. The molecule has 420 valence electrons. The van der Waals surface area contributed by atoms with Crippen molar-refractivity contribution < 1.29 is 27.5 Å². The van der Waals surface area contributed by atoms with Crippen LogP contribution in [0.25, 0.3) is 0 Å².